The van der Waals surface area contributed by atoms with E-state index in [0.29, 0.717) is 12.3 Å². The predicted molar refractivity (Wildman–Crippen MR) is 121 cm³/mol. The molecule has 0 radical (unpaired) electrons. The van der Waals surface area contributed by atoms with E-state index in [9.17, 15) is 9.59 Å². The first kappa shape index (κ1) is 22.5. The third-order valence-electron chi connectivity index (χ3n) is 5.49. The first-order valence-corrected chi connectivity index (χ1v) is 12.7. The second-order valence-corrected chi connectivity index (χ2v) is 9.93. The van der Waals surface area contributed by atoms with Crippen molar-refractivity contribution < 1.29 is 9.59 Å². The molecular formula is C21H32N4O2S2. The number of thioether (sulfide) groups is 2. The molecule has 0 spiro atoms. The SMILES string of the molecule is NN(Cc1ccccc1)C(=O)C(CSCC1CCCCC1)NC(=O)C1CSCN1. The summed E-state index contributed by atoms with van der Waals surface area (Å²) in [6, 6.07) is 8.84. The number of amides is 2. The van der Waals surface area contributed by atoms with E-state index in [0.717, 1.165) is 28.9 Å². The minimum absolute atomic E-state index is 0.111. The predicted octanol–water partition coefficient (Wildman–Crippen LogP) is 2.35. The van der Waals surface area contributed by atoms with Gasteiger partial charge in [0.05, 0.1) is 12.6 Å². The number of hydrogen-bond acceptors (Lipinski definition) is 6. The van der Waals surface area contributed by atoms with Crippen LogP contribution in [0.15, 0.2) is 30.3 Å². The molecule has 8 heteroatoms. The summed E-state index contributed by atoms with van der Waals surface area (Å²) in [4.78, 5) is 25.6. The zero-order chi connectivity index (χ0) is 20.5. The number of hydrazine groups is 1. The highest BCUT2D eigenvalue weighted by Crippen LogP contribution is 2.27. The third kappa shape index (κ3) is 7.20. The van der Waals surface area contributed by atoms with Gasteiger partial charge in [0.2, 0.25) is 5.91 Å². The highest BCUT2D eigenvalue weighted by molar-refractivity contribution is 7.99. The molecule has 0 aromatic heterocycles. The van der Waals surface area contributed by atoms with Crippen molar-refractivity contribution in [1.82, 2.24) is 15.6 Å². The van der Waals surface area contributed by atoms with Crippen molar-refractivity contribution >= 4 is 35.3 Å². The Labute approximate surface area is 182 Å². The second kappa shape index (κ2) is 11.8. The number of benzene rings is 1. The molecule has 1 aromatic carbocycles. The number of rotatable bonds is 9. The summed E-state index contributed by atoms with van der Waals surface area (Å²) in [5.74, 6) is 9.59. The lowest BCUT2D eigenvalue weighted by Crippen LogP contribution is -2.55. The van der Waals surface area contributed by atoms with Crippen molar-refractivity contribution in [1.29, 1.82) is 0 Å². The second-order valence-electron chi connectivity index (χ2n) is 7.83. The van der Waals surface area contributed by atoms with Crippen molar-refractivity contribution in [3.63, 3.8) is 0 Å². The first-order valence-electron chi connectivity index (χ1n) is 10.4. The fourth-order valence-corrected chi connectivity index (χ4v) is 5.98. The maximum absolute atomic E-state index is 13.0. The van der Waals surface area contributed by atoms with Crippen LogP contribution in [0.25, 0.3) is 0 Å². The van der Waals surface area contributed by atoms with Gasteiger partial charge in [-0.3, -0.25) is 19.9 Å². The van der Waals surface area contributed by atoms with E-state index in [2.05, 4.69) is 10.6 Å². The summed E-state index contributed by atoms with van der Waals surface area (Å²) in [6.07, 6.45) is 6.51. The molecule has 1 saturated carbocycles. The van der Waals surface area contributed by atoms with Crippen molar-refractivity contribution in [3.05, 3.63) is 35.9 Å². The van der Waals surface area contributed by atoms with Crippen LogP contribution in [0.3, 0.4) is 0 Å². The Hall–Kier alpha value is -1.22. The van der Waals surface area contributed by atoms with Gasteiger partial charge in [0.15, 0.2) is 0 Å². The standard InChI is InChI=1S/C21H32N4O2S2/c22-25(11-16-7-3-1-4-8-16)21(27)19(24-20(26)18-13-29-15-23-18)14-28-12-17-9-5-2-6-10-17/h1,3-4,7-8,17-19,23H,2,5-6,9-15,22H2,(H,24,26). The van der Waals surface area contributed by atoms with Gasteiger partial charge in [-0.1, -0.05) is 49.6 Å². The van der Waals surface area contributed by atoms with Crippen LogP contribution in [0.1, 0.15) is 37.7 Å². The Kier molecular flexibility index (Phi) is 9.17. The smallest absolute Gasteiger partial charge is 0.260 e. The van der Waals surface area contributed by atoms with Crippen LogP contribution < -0.4 is 16.5 Å². The van der Waals surface area contributed by atoms with E-state index in [-0.39, 0.29) is 17.9 Å². The van der Waals surface area contributed by atoms with Gasteiger partial charge in [-0.15, -0.1) is 11.8 Å². The summed E-state index contributed by atoms with van der Waals surface area (Å²) in [5.41, 5.74) is 0.970. The maximum atomic E-state index is 13.0. The van der Waals surface area contributed by atoms with Crippen molar-refractivity contribution in [2.45, 2.75) is 50.7 Å². The van der Waals surface area contributed by atoms with Crippen molar-refractivity contribution in [2.75, 3.05) is 23.1 Å². The zero-order valence-electron chi connectivity index (χ0n) is 16.8. The molecule has 3 rings (SSSR count). The molecule has 29 heavy (non-hydrogen) atoms. The minimum Gasteiger partial charge on any atom is -0.342 e. The lowest BCUT2D eigenvalue weighted by atomic mass is 9.91. The molecule has 0 bridgehead atoms. The summed E-state index contributed by atoms with van der Waals surface area (Å²) in [7, 11) is 0. The number of nitrogens with two attached hydrogens (primary N) is 1. The van der Waals surface area contributed by atoms with Crippen LogP contribution in [-0.2, 0) is 16.1 Å². The largest absolute Gasteiger partial charge is 0.342 e. The van der Waals surface area contributed by atoms with Gasteiger partial charge < -0.3 is 5.32 Å². The molecule has 2 aliphatic rings. The Bertz CT molecular complexity index is 649. The fraction of sp³-hybridized carbons (Fsp3) is 0.619. The van der Waals surface area contributed by atoms with Gasteiger partial charge in [0.25, 0.3) is 5.91 Å². The van der Waals surface area contributed by atoms with Gasteiger partial charge in [-0.2, -0.15) is 11.8 Å². The molecule has 2 fully saturated rings. The molecule has 2 unspecified atom stereocenters. The van der Waals surface area contributed by atoms with E-state index >= 15 is 0 Å². The van der Waals surface area contributed by atoms with E-state index < -0.39 is 6.04 Å². The number of nitrogens with one attached hydrogen (secondary N) is 2. The number of hydrogen-bond donors (Lipinski definition) is 3. The first-order chi connectivity index (χ1) is 14.1. The third-order valence-corrected chi connectivity index (χ3v) is 7.70. The van der Waals surface area contributed by atoms with E-state index in [1.165, 1.54) is 37.1 Å². The van der Waals surface area contributed by atoms with Crippen LogP contribution in [-0.4, -0.2) is 52.0 Å². The van der Waals surface area contributed by atoms with Crippen molar-refractivity contribution in [2.24, 2.45) is 11.8 Å². The molecule has 1 aliphatic carbocycles. The summed E-state index contributed by atoms with van der Waals surface area (Å²) in [6.45, 7) is 0.330. The molecule has 4 N–H and O–H groups in total. The molecule has 2 atom stereocenters. The minimum atomic E-state index is -0.600. The topological polar surface area (TPSA) is 87.5 Å². The van der Waals surface area contributed by atoms with Gasteiger partial charge >= 0.3 is 0 Å². The fourth-order valence-electron chi connectivity index (χ4n) is 3.78. The molecule has 160 valence electrons. The van der Waals surface area contributed by atoms with E-state index in [1.807, 2.05) is 30.3 Å². The van der Waals surface area contributed by atoms with Gasteiger partial charge in [0, 0.05) is 17.4 Å². The Balaban J connectivity index is 1.56. The number of carbonyl (C=O) groups excluding carboxylic acids is 2. The van der Waals surface area contributed by atoms with E-state index in [4.69, 9.17) is 5.84 Å². The van der Waals surface area contributed by atoms with Gasteiger partial charge in [-0.25, -0.2) is 5.84 Å². The zero-order valence-corrected chi connectivity index (χ0v) is 18.5. The van der Waals surface area contributed by atoms with Gasteiger partial charge in [-0.05, 0) is 30.1 Å². The molecular weight excluding hydrogens is 404 g/mol. The molecule has 1 aliphatic heterocycles. The molecule has 1 aromatic rings. The number of carbonyl (C=O) groups is 2. The highest BCUT2D eigenvalue weighted by atomic mass is 32.2. The van der Waals surface area contributed by atoms with Crippen LogP contribution in [0.2, 0.25) is 0 Å². The Morgan fingerprint density at radius 3 is 2.69 bits per heavy atom. The molecule has 6 nitrogen and oxygen atoms in total. The van der Waals surface area contributed by atoms with Gasteiger partial charge in [0.1, 0.15) is 6.04 Å². The molecule has 2 amide bonds. The summed E-state index contributed by atoms with van der Waals surface area (Å²) >= 11 is 3.45. The Morgan fingerprint density at radius 2 is 2.00 bits per heavy atom. The maximum Gasteiger partial charge on any atom is 0.260 e. The average Bonchev–Trinajstić information content (AvgIpc) is 3.29. The normalized spacial score (nSPS) is 20.9. The lowest BCUT2D eigenvalue weighted by Gasteiger charge is -2.26. The molecule has 1 saturated heterocycles. The highest BCUT2D eigenvalue weighted by Gasteiger charge is 2.29. The lowest BCUT2D eigenvalue weighted by molar-refractivity contribution is -0.136. The van der Waals surface area contributed by atoms with E-state index in [1.54, 1.807) is 23.5 Å². The summed E-state index contributed by atoms with van der Waals surface area (Å²) < 4.78 is 0. The monoisotopic (exact) mass is 436 g/mol. The van der Waals surface area contributed by atoms with Crippen LogP contribution in [0, 0.1) is 5.92 Å². The quantitative estimate of drug-likeness (QED) is 0.313. The summed E-state index contributed by atoms with van der Waals surface area (Å²) in [5, 5.41) is 7.36. The van der Waals surface area contributed by atoms with Crippen LogP contribution >= 0.6 is 23.5 Å². The molecule has 1 heterocycles. The van der Waals surface area contributed by atoms with Crippen LogP contribution in [0.5, 0.6) is 0 Å². The van der Waals surface area contributed by atoms with Crippen molar-refractivity contribution in [3.8, 4) is 0 Å². The van der Waals surface area contributed by atoms with Crippen LogP contribution in [0.4, 0.5) is 0 Å². The number of nitrogens with zero attached hydrogens (tertiary/aromatic N) is 1. The Morgan fingerprint density at radius 1 is 1.24 bits per heavy atom. The average molecular weight is 437 g/mol.